The molecular weight excluding hydrogens is 605 g/mol. The Hall–Kier alpha value is -4.36. The highest BCUT2D eigenvalue weighted by atomic mass is 35.5. The van der Waals surface area contributed by atoms with Gasteiger partial charge in [-0.05, 0) is 47.5 Å². The predicted molar refractivity (Wildman–Crippen MR) is 137 cm³/mol. The van der Waals surface area contributed by atoms with Gasteiger partial charge in [-0.2, -0.15) is 26.3 Å². The number of nitrogens with zero attached hydrogens (tertiary/aromatic N) is 2. The van der Waals surface area contributed by atoms with E-state index in [4.69, 9.17) is 27.9 Å². The molecule has 0 aromatic heterocycles. The molecule has 212 valence electrons. The lowest BCUT2D eigenvalue weighted by molar-refractivity contribution is -0.384. The second-order valence-electron chi connectivity index (χ2n) is 8.31. The van der Waals surface area contributed by atoms with Crippen molar-refractivity contribution in [2.45, 2.75) is 12.4 Å². The predicted octanol–water partition coefficient (Wildman–Crippen LogP) is 9.97. The van der Waals surface area contributed by atoms with Crippen molar-refractivity contribution in [1.29, 1.82) is 0 Å². The normalized spacial score (nSPS) is 11.8. The van der Waals surface area contributed by atoms with E-state index in [-0.39, 0.29) is 33.8 Å². The Kier molecular flexibility index (Phi) is 7.87. The van der Waals surface area contributed by atoms with Crippen molar-refractivity contribution in [2.24, 2.45) is 0 Å². The summed E-state index contributed by atoms with van der Waals surface area (Å²) in [6.45, 7) is 0. The minimum atomic E-state index is -4.67. The molecule has 0 aliphatic heterocycles. The number of alkyl halides is 6. The van der Waals surface area contributed by atoms with E-state index in [2.05, 4.69) is 0 Å². The van der Waals surface area contributed by atoms with Gasteiger partial charge in [-0.15, -0.1) is 0 Å². The summed E-state index contributed by atoms with van der Waals surface area (Å²) in [5, 5.41) is 22.0. The van der Waals surface area contributed by atoms with Crippen molar-refractivity contribution in [3.05, 3.63) is 114 Å². The lowest BCUT2D eigenvalue weighted by Crippen LogP contribution is -2.04. The third-order valence-corrected chi connectivity index (χ3v) is 6.55. The number of halogens is 8. The summed E-state index contributed by atoms with van der Waals surface area (Å²) in [4.78, 5) is 21.4. The molecule has 0 N–H and O–H groups in total. The molecule has 0 fully saturated rings. The van der Waals surface area contributed by atoms with Gasteiger partial charge in [-0.1, -0.05) is 47.5 Å². The summed E-state index contributed by atoms with van der Waals surface area (Å²) in [6, 6.07) is 11.1. The molecule has 15 heteroatoms. The highest BCUT2D eigenvalue weighted by Crippen LogP contribution is 2.48. The van der Waals surface area contributed by atoms with Crippen molar-refractivity contribution in [3.8, 4) is 33.8 Å². The van der Waals surface area contributed by atoms with Gasteiger partial charge in [0.05, 0.1) is 32.1 Å². The number of nitro groups is 2. The fourth-order valence-electron chi connectivity index (χ4n) is 3.86. The molecule has 0 unspecified atom stereocenters. The third kappa shape index (κ3) is 6.05. The maximum atomic E-state index is 13.1. The van der Waals surface area contributed by atoms with Crippen LogP contribution in [-0.4, -0.2) is 9.85 Å². The Balaban J connectivity index is 1.91. The van der Waals surface area contributed by atoms with Crippen LogP contribution in [0.2, 0.25) is 10.0 Å². The molecule has 4 aromatic carbocycles. The zero-order chi connectivity index (χ0) is 30.3. The van der Waals surface area contributed by atoms with Gasteiger partial charge in [0, 0.05) is 12.1 Å². The fourth-order valence-corrected chi connectivity index (χ4v) is 4.52. The smallest absolute Gasteiger partial charge is 0.416 e. The molecule has 0 atom stereocenters. The van der Waals surface area contributed by atoms with E-state index in [1.165, 1.54) is 0 Å². The molecule has 0 radical (unpaired) electrons. The van der Waals surface area contributed by atoms with E-state index in [1.54, 1.807) is 0 Å². The SMILES string of the molecule is O=[N+]([O-])c1ccc(Oc2ccc([N+](=O)[O-])c(Cl)c2-c2ccc(C(F)(F)F)cc2)c(-c2ccc(C(F)(F)F)cc2)c1Cl. The molecule has 0 saturated carbocycles. The van der Waals surface area contributed by atoms with E-state index >= 15 is 0 Å². The Labute approximate surface area is 235 Å². The fraction of sp³-hybridized carbons (Fsp3) is 0.0769. The summed E-state index contributed by atoms with van der Waals surface area (Å²) in [5.41, 5.74) is -3.60. The summed E-state index contributed by atoms with van der Waals surface area (Å²) in [6.07, 6.45) is -9.34. The molecule has 0 aliphatic carbocycles. The van der Waals surface area contributed by atoms with Crippen molar-refractivity contribution in [3.63, 3.8) is 0 Å². The van der Waals surface area contributed by atoms with Gasteiger partial charge in [0.25, 0.3) is 11.4 Å². The van der Waals surface area contributed by atoms with Gasteiger partial charge in [0.1, 0.15) is 21.5 Å². The molecule has 0 saturated heterocycles. The van der Waals surface area contributed by atoms with Gasteiger partial charge in [0.2, 0.25) is 0 Å². The average Bonchev–Trinajstić information content (AvgIpc) is 2.88. The summed E-state index contributed by atoms with van der Waals surface area (Å²) >= 11 is 12.6. The molecule has 7 nitrogen and oxygen atoms in total. The minimum Gasteiger partial charge on any atom is -0.456 e. The van der Waals surface area contributed by atoms with Crippen LogP contribution in [0.3, 0.4) is 0 Å². The van der Waals surface area contributed by atoms with Crippen molar-refractivity contribution >= 4 is 34.6 Å². The van der Waals surface area contributed by atoms with Crippen molar-refractivity contribution in [2.75, 3.05) is 0 Å². The molecule has 4 rings (SSSR count). The molecule has 4 aromatic rings. The van der Waals surface area contributed by atoms with Crippen LogP contribution in [0.5, 0.6) is 11.5 Å². The monoisotopic (exact) mass is 616 g/mol. The summed E-state index contributed by atoms with van der Waals surface area (Å²) in [7, 11) is 0. The van der Waals surface area contributed by atoms with E-state index < -0.39 is 54.7 Å². The van der Waals surface area contributed by atoms with Gasteiger partial charge in [-0.25, -0.2) is 0 Å². The van der Waals surface area contributed by atoms with Gasteiger partial charge < -0.3 is 4.74 Å². The summed E-state index contributed by atoms with van der Waals surface area (Å²) in [5.74, 6) is -0.447. The largest absolute Gasteiger partial charge is 0.456 e. The van der Waals surface area contributed by atoms with E-state index in [1.807, 2.05) is 0 Å². The number of hydrogen-bond donors (Lipinski definition) is 0. The number of ether oxygens (including phenoxy) is 1. The van der Waals surface area contributed by atoms with Crippen molar-refractivity contribution < 1.29 is 40.9 Å². The van der Waals surface area contributed by atoms with Crippen LogP contribution in [0.4, 0.5) is 37.7 Å². The first-order chi connectivity index (χ1) is 19.1. The zero-order valence-electron chi connectivity index (χ0n) is 19.9. The van der Waals surface area contributed by atoms with Crippen LogP contribution in [-0.2, 0) is 12.4 Å². The Morgan fingerprint density at radius 3 is 1.15 bits per heavy atom. The van der Waals surface area contributed by atoms with Crippen LogP contribution in [0.1, 0.15) is 11.1 Å². The summed E-state index contributed by atoms with van der Waals surface area (Å²) < 4.78 is 84.5. The lowest BCUT2D eigenvalue weighted by Gasteiger charge is -2.17. The minimum absolute atomic E-state index is 0.00853. The Morgan fingerprint density at radius 2 is 0.878 bits per heavy atom. The number of rotatable bonds is 6. The molecule has 0 aliphatic rings. The van der Waals surface area contributed by atoms with Crippen LogP contribution < -0.4 is 4.74 Å². The topological polar surface area (TPSA) is 95.5 Å². The number of benzene rings is 4. The maximum absolute atomic E-state index is 13.1. The average molecular weight is 617 g/mol. The first-order valence-corrected chi connectivity index (χ1v) is 11.8. The second kappa shape index (κ2) is 10.9. The van der Waals surface area contributed by atoms with Gasteiger partial charge in [0.15, 0.2) is 0 Å². The molecular formula is C26H12Cl2F6N2O5. The molecule has 41 heavy (non-hydrogen) atoms. The van der Waals surface area contributed by atoms with Gasteiger partial charge >= 0.3 is 12.4 Å². The standard InChI is InChI=1S/C26H12Cl2F6N2O5/c27-23-17(35(37)38)9-11-19(21(23)13-1-5-15(6-2-13)25(29,30)31)41-20-12-10-18(36(39)40)24(28)22(20)14-3-7-16(8-4-14)26(32,33)34/h1-12H. The third-order valence-electron chi connectivity index (χ3n) is 5.78. The van der Waals surface area contributed by atoms with E-state index in [0.717, 1.165) is 72.8 Å². The quantitative estimate of drug-likeness (QED) is 0.122. The Morgan fingerprint density at radius 1 is 0.561 bits per heavy atom. The molecule has 0 amide bonds. The first kappa shape index (κ1) is 29.6. The first-order valence-electron chi connectivity index (χ1n) is 11.1. The molecule has 0 bridgehead atoms. The molecule has 0 heterocycles. The van der Waals surface area contributed by atoms with E-state index in [9.17, 15) is 46.6 Å². The van der Waals surface area contributed by atoms with Crippen LogP contribution in [0.15, 0.2) is 72.8 Å². The highest BCUT2D eigenvalue weighted by Gasteiger charge is 2.32. The zero-order valence-corrected chi connectivity index (χ0v) is 21.4. The number of hydrogen-bond acceptors (Lipinski definition) is 5. The van der Waals surface area contributed by atoms with Crippen LogP contribution in [0, 0.1) is 20.2 Å². The number of nitro benzene ring substituents is 2. The van der Waals surface area contributed by atoms with E-state index in [0.29, 0.717) is 0 Å². The highest BCUT2D eigenvalue weighted by molar-refractivity contribution is 6.36. The van der Waals surface area contributed by atoms with Crippen LogP contribution >= 0.6 is 23.2 Å². The second-order valence-corrected chi connectivity index (χ2v) is 9.07. The lowest BCUT2D eigenvalue weighted by atomic mass is 10.0. The van der Waals surface area contributed by atoms with Crippen molar-refractivity contribution in [1.82, 2.24) is 0 Å². The Bertz CT molecular complexity index is 1530. The maximum Gasteiger partial charge on any atom is 0.416 e. The van der Waals surface area contributed by atoms with Crippen LogP contribution in [0.25, 0.3) is 22.3 Å². The molecule has 0 spiro atoms. The van der Waals surface area contributed by atoms with Gasteiger partial charge in [-0.3, -0.25) is 20.2 Å².